The Morgan fingerprint density at radius 2 is 2.00 bits per heavy atom. The molecule has 0 fully saturated rings. The molecule has 0 rings (SSSR count). The van der Waals surface area contributed by atoms with Crippen molar-refractivity contribution in [3.8, 4) is 0 Å². The molecule has 0 amide bonds. The first-order chi connectivity index (χ1) is 3.91. The minimum Gasteiger partial charge on any atom is -0.254 e. The Morgan fingerprint density at radius 3 is 2.50 bits per heavy atom. The Morgan fingerprint density at radius 1 is 1.25 bits per heavy atom. The van der Waals surface area contributed by atoms with Crippen molar-refractivity contribution in [1.82, 2.24) is 0 Å². The first-order valence-electron chi connectivity index (χ1n) is 3.41. The maximum absolute atomic E-state index is 3.53. The van der Waals surface area contributed by atoms with Gasteiger partial charge >= 0.3 is 0 Å². The molecule has 0 atom stereocenters. The molecule has 0 spiro atoms. The van der Waals surface area contributed by atoms with Crippen LogP contribution in [-0.2, 0) is 0 Å². The van der Waals surface area contributed by atoms with Crippen molar-refractivity contribution < 1.29 is 4.99 Å². The van der Waals surface area contributed by atoms with Crippen LogP contribution in [-0.4, -0.2) is 13.3 Å². The van der Waals surface area contributed by atoms with Crippen molar-refractivity contribution in [2.75, 3.05) is 6.54 Å². The molecular weight excluding hydrogens is 98.1 g/mol. The quantitative estimate of drug-likeness (QED) is 0.391. The van der Waals surface area contributed by atoms with Crippen LogP contribution >= 0.6 is 0 Å². The van der Waals surface area contributed by atoms with Crippen LogP contribution in [0.2, 0.25) is 0 Å². The largest absolute Gasteiger partial charge is 0.254 e. The summed E-state index contributed by atoms with van der Waals surface area (Å²) in [6, 6.07) is 0. The monoisotopic (exact) mass is 114 g/mol. The fraction of sp³-hybridized carbons (Fsp3) is 0.857. The minimum atomic E-state index is 1.07. The molecule has 1 heteroatoms. The highest BCUT2D eigenvalue weighted by molar-refractivity contribution is 5.12. The van der Waals surface area contributed by atoms with E-state index in [0.29, 0.717) is 0 Å². The van der Waals surface area contributed by atoms with Gasteiger partial charge in [0.25, 0.3) is 0 Å². The van der Waals surface area contributed by atoms with E-state index >= 15 is 0 Å². The summed E-state index contributed by atoms with van der Waals surface area (Å²) in [7, 11) is 0. The second-order valence-electron chi connectivity index (χ2n) is 2.06. The second kappa shape index (κ2) is 6.67. The summed E-state index contributed by atoms with van der Waals surface area (Å²) in [5.74, 6) is 0. The van der Waals surface area contributed by atoms with Crippen molar-refractivity contribution >= 4 is 6.72 Å². The standard InChI is InChI=1S/C7H15N/c1-3-4-5-6-7-8-2/h2-7H2,1H3/p+1. The van der Waals surface area contributed by atoms with Gasteiger partial charge in [-0.25, -0.2) is 0 Å². The first-order valence-corrected chi connectivity index (χ1v) is 3.41. The summed E-state index contributed by atoms with van der Waals surface area (Å²) in [6.45, 7) is 6.82. The summed E-state index contributed by atoms with van der Waals surface area (Å²) in [4.78, 5) is 2.88. The molecule has 0 bridgehead atoms. The van der Waals surface area contributed by atoms with Crippen LogP contribution in [0.5, 0.6) is 0 Å². The van der Waals surface area contributed by atoms with Crippen LogP contribution in [0.25, 0.3) is 0 Å². The molecule has 1 N–H and O–H groups in total. The zero-order chi connectivity index (χ0) is 6.24. The lowest BCUT2D eigenvalue weighted by Crippen LogP contribution is -2.65. The van der Waals surface area contributed by atoms with Crippen molar-refractivity contribution in [2.45, 2.75) is 32.6 Å². The van der Waals surface area contributed by atoms with Crippen LogP contribution in [0.15, 0.2) is 0 Å². The van der Waals surface area contributed by atoms with Crippen LogP contribution in [0.1, 0.15) is 32.6 Å². The minimum absolute atomic E-state index is 1.07. The molecule has 0 saturated carbocycles. The highest BCUT2D eigenvalue weighted by Gasteiger charge is 1.85. The molecule has 48 valence electrons. The lowest BCUT2D eigenvalue weighted by Gasteiger charge is -1.89. The van der Waals surface area contributed by atoms with Gasteiger partial charge in [0.2, 0.25) is 0 Å². The molecule has 0 radical (unpaired) electrons. The van der Waals surface area contributed by atoms with E-state index in [1.54, 1.807) is 0 Å². The van der Waals surface area contributed by atoms with E-state index in [1.165, 1.54) is 25.7 Å². The van der Waals surface area contributed by atoms with E-state index in [2.05, 4.69) is 18.6 Å². The Labute approximate surface area is 51.8 Å². The van der Waals surface area contributed by atoms with E-state index < -0.39 is 0 Å². The van der Waals surface area contributed by atoms with Gasteiger partial charge in [0, 0.05) is 6.42 Å². The predicted octanol–water partition coefficient (Wildman–Crippen LogP) is 0.348. The molecule has 0 aromatic heterocycles. The molecular formula is C7H16N+. The molecule has 0 heterocycles. The Balaban J connectivity index is 2.62. The highest BCUT2D eigenvalue weighted by Crippen LogP contribution is 1.95. The summed E-state index contributed by atoms with van der Waals surface area (Å²) in [6.07, 6.45) is 5.30. The van der Waals surface area contributed by atoms with Crippen LogP contribution in [0, 0.1) is 0 Å². The number of unbranched alkanes of at least 4 members (excludes halogenated alkanes) is 3. The summed E-state index contributed by atoms with van der Waals surface area (Å²) in [5.41, 5.74) is 0. The Kier molecular flexibility index (Phi) is 6.39. The summed E-state index contributed by atoms with van der Waals surface area (Å²) in [5, 5.41) is 0. The van der Waals surface area contributed by atoms with Crippen molar-refractivity contribution in [2.24, 2.45) is 0 Å². The molecule has 0 saturated heterocycles. The molecule has 0 unspecified atom stereocenters. The number of hydrogen-bond acceptors (Lipinski definition) is 0. The van der Waals surface area contributed by atoms with Gasteiger partial charge in [-0.2, -0.15) is 0 Å². The van der Waals surface area contributed by atoms with E-state index in [9.17, 15) is 0 Å². The van der Waals surface area contributed by atoms with E-state index in [-0.39, 0.29) is 0 Å². The van der Waals surface area contributed by atoms with Gasteiger partial charge < -0.3 is 0 Å². The molecule has 0 aliphatic carbocycles. The van der Waals surface area contributed by atoms with Crippen molar-refractivity contribution in [1.29, 1.82) is 0 Å². The van der Waals surface area contributed by atoms with Crippen LogP contribution < -0.4 is 4.99 Å². The SMILES string of the molecule is C=[NH+]CCCCCC. The average Bonchev–Trinajstić information content (AvgIpc) is 1.81. The van der Waals surface area contributed by atoms with Gasteiger partial charge in [0.1, 0.15) is 13.3 Å². The third kappa shape index (κ3) is 5.67. The van der Waals surface area contributed by atoms with Gasteiger partial charge in [-0.3, -0.25) is 4.99 Å². The van der Waals surface area contributed by atoms with Crippen LogP contribution in [0.3, 0.4) is 0 Å². The fourth-order valence-corrected chi connectivity index (χ4v) is 0.677. The number of rotatable bonds is 5. The average molecular weight is 114 g/mol. The zero-order valence-electron chi connectivity index (χ0n) is 5.74. The molecule has 0 aliphatic heterocycles. The predicted molar refractivity (Wildman–Crippen MR) is 37.1 cm³/mol. The van der Waals surface area contributed by atoms with E-state index in [4.69, 9.17) is 0 Å². The molecule has 0 aliphatic rings. The maximum Gasteiger partial charge on any atom is 0.140 e. The smallest absolute Gasteiger partial charge is 0.140 e. The van der Waals surface area contributed by atoms with Gasteiger partial charge in [-0.05, 0) is 6.42 Å². The van der Waals surface area contributed by atoms with E-state index in [1.807, 2.05) is 0 Å². The summed E-state index contributed by atoms with van der Waals surface area (Å²) < 4.78 is 0. The van der Waals surface area contributed by atoms with Crippen LogP contribution in [0.4, 0.5) is 0 Å². The van der Waals surface area contributed by atoms with Gasteiger partial charge in [-0.15, -0.1) is 0 Å². The topological polar surface area (TPSA) is 14.0 Å². The zero-order valence-corrected chi connectivity index (χ0v) is 5.74. The normalized spacial score (nSPS) is 9.12. The lowest BCUT2D eigenvalue weighted by atomic mass is 10.2. The molecule has 0 aromatic rings. The number of nitrogens with one attached hydrogen (secondary N) is 1. The Hall–Kier alpha value is -0.330. The molecule has 8 heavy (non-hydrogen) atoms. The van der Waals surface area contributed by atoms with Gasteiger partial charge in [0.15, 0.2) is 0 Å². The van der Waals surface area contributed by atoms with Crippen molar-refractivity contribution in [3.63, 3.8) is 0 Å². The van der Waals surface area contributed by atoms with Gasteiger partial charge in [-0.1, -0.05) is 19.8 Å². The molecule has 0 aromatic carbocycles. The molecule has 1 nitrogen and oxygen atoms in total. The lowest BCUT2D eigenvalue weighted by molar-refractivity contribution is -0.447. The fourth-order valence-electron chi connectivity index (χ4n) is 0.677. The maximum atomic E-state index is 3.53. The second-order valence-corrected chi connectivity index (χ2v) is 2.06. The first kappa shape index (κ1) is 7.67. The highest BCUT2D eigenvalue weighted by atomic mass is 14.7. The van der Waals surface area contributed by atoms with Gasteiger partial charge in [0.05, 0.1) is 0 Å². The third-order valence-corrected chi connectivity index (χ3v) is 1.21. The Bertz CT molecular complexity index is 50.3. The van der Waals surface area contributed by atoms with E-state index in [0.717, 1.165) is 6.54 Å². The number of hydrogen-bond donors (Lipinski definition) is 1. The third-order valence-electron chi connectivity index (χ3n) is 1.21. The van der Waals surface area contributed by atoms with Crippen molar-refractivity contribution in [3.05, 3.63) is 0 Å². The summed E-state index contributed by atoms with van der Waals surface area (Å²) >= 11 is 0.